The number of nitrogens with zero attached hydrogens (tertiary/aromatic N) is 2. The monoisotopic (exact) mass is 302 g/mol. The normalized spacial score (nSPS) is 26.9. The van der Waals surface area contributed by atoms with Crippen LogP contribution in [0.1, 0.15) is 19.8 Å². The third-order valence-corrected chi connectivity index (χ3v) is 4.26. The molecule has 0 radical (unpaired) electrons. The SMILES string of the molecule is COCC[C@]1(O)CCN(c2ncc(Cl)cc2F)C[C@H]1C. The largest absolute Gasteiger partial charge is 0.389 e. The fraction of sp³-hybridized carbons (Fsp3) is 0.643. The van der Waals surface area contributed by atoms with Crippen molar-refractivity contribution in [3.05, 3.63) is 23.1 Å². The van der Waals surface area contributed by atoms with Gasteiger partial charge in [-0.2, -0.15) is 0 Å². The molecule has 0 aliphatic carbocycles. The topological polar surface area (TPSA) is 45.6 Å². The van der Waals surface area contributed by atoms with E-state index in [1.54, 1.807) is 7.11 Å². The number of methoxy groups -OCH3 is 1. The van der Waals surface area contributed by atoms with E-state index < -0.39 is 11.4 Å². The van der Waals surface area contributed by atoms with E-state index in [-0.39, 0.29) is 10.9 Å². The number of hydrogen-bond acceptors (Lipinski definition) is 4. The van der Waals surface area contributed by atoms with Gasteiger partial charge in [-0.1, -0.05) is 18.5 Å². The van der Waals surface area contributed by atoms with Crippen LogP contribution in [0.2, 0.25) is 5.02 Å². The molecule has 6 heteroatoms. The van der Waals surface area contributed by atoms with Gasteiger partial charge in [0.1, 0.15) is 0 Å². The average molecular weight is 303 g/mol. The van der Waals surface area contributed by atoms with Crippen molar-refractivity contribution in [3.8, 4) is 0 Å². The highest BCUT2D eigenvalue weighted by molar-refractivity contribution is 6.30. The lowest BCUT2D eigenvalue weighted by molar-refractivity contribution is -0.0490. The Bertz CT molecular complexity index is 474. The highest BCUT2D eigenvalue weighted by Gasteiger charge is 2.39. The van der Waals surface area contributed by atoms with Gasteiger partial charge in [-0.05, 0) is 18.9 Å². The van der Waals surface area contributed by atoms with Crippen LogP contribution in [0.5, 0.6) is 0 Å². The summed E-state index contributed by atoms with van der Waals surface area (Å²) in [5.41, 5.74) is -0.755. The summed E-state index contributed by atoms with van der Waals surface area (Å²) in [7, 11) is 1.62. The molecule has 0 aromatic carbocycles. The number of halogens is 2. The van der Waals surface area contributed by atoms with Crippen LogP contribution in [0, 0.1) is 11.7 Å². The third-order valence-electron chi connectivity index (χ3n) is 4.05. The number of aliphatic hydroxyl groups is 1. The van der Waals surface area contributed by atoms with Crippen molar-refractivity contribution in [3.63, 3.8) is 0 Å². The molecule has 20 heavy (non-hydrogen) atoms. The summed E-state index contributed by atoms with van der Waals surface area (Å²) in [6, 6.07) is 1.26. The van der Waals surface area contributed by atoms with E-state index in [0.29, 0.717) is 38.4 Å². The second-order valence-corrected chi connectivity index (χ2v) is 5.84. The number of aromatic nitrogens is 1. The van der Waals surface area contributed by atoms with Crippen molar-refractivity contribution in [2.75, 3.05) is 31.7 Å². The fourth-order valence-electron chi connectivity index (χ4n) is 2.65. The zero-order chi connectivity index (χ0) is 14.8. The number of anilines is 1. The summed E-state index contributed by atoms with van der Waals surface area (Å²) in [5, 5.41) is 10.9. The lowest BCUT2D eigenvalue weighted by Gasteiger charge is -2.43. The first-order valence-electron chi connectivity index (χ1n) is 6.73. The first kappa shape index (κ1) is 15.5. The van der Waals surface area contributed by atoms with Crippen LogP contribution in [0.3, 0.4) is 0 Å². The number of ether oxygens (including phenoxy) is 1. The Labute approximate surface area is 123 Å². The van der Waals surface area contributed by atoms with Gasteiger partial charge in [-0.3, -0.25) is 0 Å². The van der Waals surface area contributed by atoms with Crippen molar-refractivity contribution in [1.82, 2.24) is 4.98 Å². The van der Waals surface area contributed by atoms with Gasteiger partial charge in [-0.15, -0.1) is 0 Å². The molecule has 2 atom stereocenters. The minimum absolute atomic E-state index is 0.0169. The Kier molecular flexibility index (Phi) is 4.83. The molecule has 1 aliphatic heterocycles. The Morgan fingerprint density at radius 3 is 3.00 bits per heavy atom. The van der Waals surface area contributed by atoms with E-state index in [2.05, 4.69) is 4.98 Å². The summed E-state index contributed by atoms with van der Waals surface area (Å²) in [5.74, 6) is -0.106. The maximum atomic E-state index is 13.9. The second-order valence-electron chi connectivity index (χ2n) is 5.40. The van der Waals surface area contributed by atoms with Crippen molar-refractivity contribution in [2.24, 2.45) is 5.92 Å². The van der Waals surface area contributed by atoms with Crippen LogP contribution >= 0.6 is 11.6 Å². The predicted octanol–water partition coefficient (Wildman–Crippen LogP) is 2.49. The molecule has 2 rings (SSSR count). The number of rotatable bonds is 4. The van der Waals surface area contributed by atoms with Crippen LogP contribution in [0.25, 0.3) is 0 Å². The van der Waals surface area contributed by atoms with Crippen LogP contribution < -0.4 is 4.90 Å². The molecule has 1 aromatic heterocycles. The molecule has 1 aliphatic rings. The molecule has 1 saturated heterocycles. The molecule has 0 saturated carbocycles. The van der Waals surface area contributed by atoms with Crippen molar-refractivity contribution >= 4 is 17.4 Å². The van der Waals surface area contributed by atoms with E-state index in [1.165, 1.54) is 12.3 Å². The van der Waals surface area contributed by atoms with Crippen molar-refractivity contribution < 1.29 is 14.2 Å². The van der Waals surface area contributed by atoms with Crippen molar-refractivity contribution in [2.45, 2.75) is 25.4 Å². The fourth-order valence-corrected chi connectivity index (χ4v) is 2.79. The summed E-state index contributed by atoms with van der Waals surface area (Å²) < 4.78 is 18.9. The minimum Gasteiger partial charge on any atom is -0.389 e. The Hall–Kier alpha value is -0.910. The summed E-state index contributed by atoms with van der Waals surface area (Å²) in [6.45, 7) is 3.62. The van der Waals surface area contributed by atoms with Gasteiger partial charge in [0.05, 0.1) is 10.6 Å². The van der Waals surface area contributed by atoms with E-state index in [4.69, 9.17) is 16.3 Å². The van der Waals surface area contributed by atoms with Gasteiger partial charge >= 0.3 is 0 Å². The molecule has 1 aromatic rings. The molecule has 1 fully saturated rings. The molecule has 1 N–H and O–H groups in total. The number of hydrogen-bond donors (Lipinski definition) is 1. The summed E-state index contributed by atoms with van der Waals surface area (Å²) in [6.07, 6.45) is 2.60. The maximum absolute atomic E-state index is 13.9. The van der Waals surface area contributed by atoms with E-state index in [1.807, 2.05) is 11.8 Å². The van der Waals surface area contributed by atoms with Crippen molar-refractivity contribution in [1.29, 1.82) is 0 Å². The maximum Gasteiger partial charge on any atom is 0.167 e. The summed E-state index contributed by atoms with van der Waals surface area (Å²) >= 11 is 5.71. The minimum atomic E-state index is -0.755. The van der Waals surface area contributed by atoms with E-state index in [0.717, 1.165) is 0 Å². The van der Waals surface area contributed by atoms with Gasteiger partial charge in [0.2, 0.25) is 0 Å². The summed E-state index contributed by atoms with van der Waals surface area (Å²) in [4.78, 5) is 5.92. The smallest absolute Gasteiger partial charge is 0.167 e. The molecule has 112 valence electrons. The number of pyridine rings is 1. The standard InChI is InChI=1S/C14H20ClFN2O2/c1-10-9-18(5-3-14(10,19)4-6-20-2)13-12(16)7-11(15)8-17-13/h7-8,10,19H,3-6,9H2,1-2H3/t10-,14-/m1/s1. The van der Waals surface area contributed by atoms with Gasteiger partial charge < -0.3 is 14.7 Å². The highest BCUT2D eigenvalue weighted by atomic mass is 35.5. The first-order chi connectivity index (χ1) is 9.46. The van der Waals surface area contributed by atoms with Crippen LogP contribution in [0.4, 0.5) is 10.2 Å². The molecule has 4 nitrogen and oxygen atoms in total. The molecular weight excluding hydrogens is 283 g/mol. The van der Waals surface area contributed by atoms with Gasteiger partial charge in [0.15, 0.2) is 11.6 Å². The lowest BCUT2D eigenvalue weighted by atomic mass is 9.80. The molecular formula is C14H20ClFN2O2. The molecule has 0 spiro atoms. The molecule has 2 heterocycles. The zero-order valence-electron chi connectivity index (χ0n) is 11.8. The first-order valence-corrected chi connectivity index (χ1v) is 7.11. The Balaban J connectivity index is 2.08. The van der Waals surface area contributed by atoms with Crippen LogP contribution in [-0.2, 0) is 4.74 Å². The average Bonchev–Trinajstić information content (AvgIpc) is 2.40. The predicted molar refractivity (Wildman–Crippen MR) is 76.6 cm³/mol. The lowest BCUT2D eigenvalue weighted by Crippen LogP contribution is -2.51. The molecule has 0 amide bonds. The van der Waals surface area contributed by atoms with Gasteiger partial charge in [0, 0.05) is 38.9 Å². The van der Waals surface area contributed by atoms with Crippen LogP contribution in [-0.4, -0.2) is 42.5 Å². The van der Waals surface area contributed by atoms with E-state index >= 15 is 0 Å². The third kappa shape index (κ3) is 3.22. The zero-order valence-corrected chi connectivity index (χ0v) is 12.5. The molecule has 0 bridgehead atoms. The van der Waals surface area contributed by atoms with Gasteiger partial charge in [0.25, 0.3) is 0 Å². The second kappa shape index (κ2) is 6.24. The van der Waals surface area contributed by atoms with E-state index in [9.17, 15) is 9.50 Å². The highest BCUT2D eigenvalue weighted by Crippen LogP contribution is 2.33. The molecule has 0 unspecified atom stereocenters. The van der Waals surface area contributed by atoms with Gasteiger partial charge in [-0.25, -0.2) is 9.37 Å². The quantitative estimate of drug-likeness (QED) is 0.928. The Morgan fingerprint density at radius 2 is 2.40 bits per heavy atom. The Morgan fingerprint density at radius 1 is 1.65 bits per heavy atom. The van der Waals surface area contributed by atoms with Crippen LogP contribution in [0.15, 0.2) is 12.3 Å². The number of piperidine rings is 1.